The summed E-state index contributed by atoms with van der Waals surface area (Å²) < 4.78 is 11.7. The number of carbonyl (C=O) groups excluding carboxylic acids is 2. The second-order valence-corrected chi connectivity index (χ2v) is 9.70. The van der Waals surface area contributed by atoms with Crippen LogP contribution in [0.15, 0.2) is 60.8 Å². The molecular weight excluding hydrogens is 464 g/mol. The molecule has 1 aliphatic rings. The summed E-state index contributed by atoms with van der Waals surface area (Å²) in [6, 6.07) is 17.3. The average molecular weight is 493 g/mol. The van der Waals surface area contributed by atoms with Gasteiger partial charge in [-0.1, -0.05) is 49.9 Å². The van der Waals surface area contributed by atoms with E-state index in [1.807, 2.05) is 48.3 Å². The van der Waals surface area contributed by atoms with Crippen molar-refractivity contribution in [2.75, 3.05) is 25.1 Å². The van der Waals surface area contributed by atoms with Crippen molar-refractivity contribution >= 4 is 28.9 Å². The summed E-state index contributed by atoms with van der Waals surface area (Å²) in [4.78, 5) is 33.8. The summed E-state index contributed by atoms with van der Waals surface area (Å²) in [5.74, 6) is 2.71. The van der Waals surface area contributed by atoms with E-state index in [-0.39, 0.29) is 16.4 Å². The van der Waals surface area contributed by atoms with Gasteiger partial charge in [0.1, 0.15) is 18.1 Å². The van der Waals surface area contributed by atoms with Crippen LogP contribution in [0.2, 0.25) is 0 Å². The first kappa shape index (κ1) is 24.5. The largest absolute Gasteiger partial charge is 0.492 e. The molecule has 0 aliphatic carbocycles. The van der Waals surface area contributed by atoms with Crippen molar-refractivity contribution in [3.8, 4) is 17.4 Å². The molecule has 182 valence electrons. The van der Waals surface area contributed by atoms with Gasteiger partial charge in [-0.3, -0.25) is 14.9 Å². The fourth-order valence-electron chi connectivity index (χ4n) is 3.48. The van der Waals surface area contributed by atoms with E-state index in [0.29, 0.717) is 37.3 Å². The van der Waals surface area contributed by atoms with Crippen molar-refractivity contribution < 1.29 is 19.1 Å². The van der Waals surface area contributed by atoms with Crippen LogP contribution in [0.25, 0.3) is 0 Å². The summed E-state index contributed by atoms with van der Waals surface area (Å²) in [5.41, 5.74) is 2.23. The Morgan fingerprint density at radius 1 is 1.03 bits per heavy atom. The highest BCUT2D eigenvalue weighted by Crippen LogP contribution is 2.25. The van der Waals surface area contributed by atoms with E-state index in [1.54, 1.807) is 12.3 Å². The number of likely N-dealkylation sites (N-methyl/N-ethyl adjacent to an activating group) is 1. The zero-order valence-electron chi connectivity index (χ0n) is 19.9. The average Bonchev–Trinajstić information content (AvgIpc) is 3.17. The van der Waals surface area contributed by atoms with Crippen LogP contribution < -0.4 is 19.7 Å². The van der Waals surface area contributed by atoms with Crippen molar-refractivity contribution in [3.05, 3.63) is 71.9 Å². The Morgan fingerprint density at radius 2 is 1.74 bits per heavy atom. The predicted octanol–water partition coefficient (Wildman–Crippen LogP) is 4.80. The molecular formula is C26H28N4O4S. The molecule has 1 fully saturated rings. The second-order valence-electron chi connectivity index (χ2n) is 8.52. The molecule has 1 aliphatic heterocycles. The van der Waals surface area contributed by atoms with Crippen LogP contribution in [-0.2, 0) is 11.2 Å². The fourth-order valence-corrected chi connectivity index (χ4v) is 4.34. The zero-order valence-corrected chi connectivity index (χ0v) is 20.7. The van der Waals surface area contributed by atoms with Gasteiger partial charge in [0, 0.05) is 19.3 Å². The van der Waals surface area contributed by atoms with Crippen LogP contribution >= 0.6 is 11.8 Å². The Kier molecular flexibility index (Phi) is 7.87. The van der Waals surface area contributed by atoms with Gasteiger partial charge in [0.05, 0.1) is 11.8 Å². The molecule has 0 bridgehead atoms. The number of hydrogen-bond donors (Lipinski definition) is 1. The summed E-state index contributed by atoms with van der Waals surface area (Å²) in [6.07, 6.45) is 2.18. The first-order chi connectivity index (χ1) is 16.9. The Morgan fingerprint density at radius 3 is 2.40 bits per heavy atom. The van der Waals surface area contributed by atoms with Gasteiger partial charge in [-0.25, -0.2) is 4.98 Å². The predicted molar refractivity (Wildman–Crippen MR) is 136 cm³/mol. The minimum atomic E-state index is -0.373. The lowest BCUT2D eigenvalue weighted by Crippen LogP contribution is -2.25. The molecule has 35 heavy (non-hydrogen) atoms. The van der Waals surface area contributed by atoms with Gasteiger partial charge >= 0.3 is 0 Å². The lowest BCUT2D eigenvalue weighted by atomic mass is 10.0. The molecule has 1 unspecified atom stereocenters. The molecule has 1 atom stereocenters. The maximum absolute atomic E-state index is 11.7. The highest BCUT2D eigenvalue weighted by atomic mass is 32.2. The van der Waals surface area contributed by atoms with Crippen molar-refractivity contribution in [1.82, 2.24) is 15.3 Å². The van der Waals surface area contributed by atoms with Gasteiger partial charge in [0.25, 0.3) is 5.24 Å². The molecule has 0 saturated carbocycles. The topological polar surface area (TPSA) is 93.7 Å². The van der Waals surface area contributed by atoms with Crippen LogP contribution in [0.5, 0.6) is 17.4 Å². The third kappa shape index (κ3) is 6.73. The van der Waals surface area contributed by atoms with Crippen molar-refractivity contribution in [2.24, 2.45) is 0 Å². The number of hydrogen-bond acceptors (Lipinski definition) is 8. The third-order valence-corrected chi connectivity index (χ3v) is 6.52. The smallest absolute Gasteiger partial charge is 0.286 e. The number of thioether (sulfide) groups is 1. The number of ether oxygens (including phenoxy) is 2. The standard InChI is InChI=1S/C26H28N4O4S/c1-17(2)19-6-10-21(11-7-19)34-23-12-13-27-25(28-23)30(3)14-15-33-20-8-4-18(5-9-20)16-22-24(31)29-26(32)35-22/h4-13,17,22H,14-16H2,1-3H3,(H,29,31,32). The number of carbonyl (C=O) groups is 2. The van der Waals surface area contributed by atoms with Gasteiger partial charge < -0.3 is 14.4 Å². The van der Waals surface area contributed by atoms with E-state index in [4.69, 9.17) is 9.47 Å². The number of amides is 2. The molecule has 8 nitrogen and oxygen atoms in total. The van der Waals surface area contributed by atoms with E-state index >= 15 is 0 Å². The van der Waals surface area contributed by atoms with Gasteiger partial charge in [-0.05, 0) is 47.7 Å². The number of nitrogens with zero attached hydrogens (tertiary/aromatic N) is 3. The Bertz CT molecular complexity index is 1170. The van der Waals surface area contributed by atoms with Crippen molar-refractivity contribution in [3.63, 3.8) is 0 Å². The maximum atomic E-state index is 11.7. The summed E-state index contributed by atoms with van der Waals surface area (Å²) in [7, 11) is 1.90. The van der Waals surface area contributed by atoms with Crippen LogP contribution in [0.1, 0.15) is 30.9 Å². The van der Waals surface area contributed by atoms with E-state index in [9.17, 15) is 9.59 Å². The molecule has 4 rings (SSSR count). The second kappa shape index (κ2) is 11.2. The Balaban J connectivity index is 1.26. The molecule has 0 spiro atoms. The van der Waals surface area contributed by atoms with E-state index in [0.717, 1.165) is 28.8 Å². The SMILES string of the molecule is CC(C)c1ccc(Oc2ccnc(N(C)CCOc3ccc(CC4SC(=O)NC4=O)cc3)n2)cc1. The molecule has 1 aromatic heterocycles. The van der Waals surface area contributed by atoms with Gasteiger partial charge in [0.2, 0.25) is 17.7 Å². The number of aromatic nitrogens is 2. The summed E-state index contributed by atoms with van der Waals surface area (Å²) >= 11 is 1.03. The summed E-state index contributed by atoms with van der Waals surface area (Å²) in [5, 5.41) is 1.65. The minimum absolute atomic E-state index is 0.232. The van der Waals surface area contributed by atoms with E-state index in [2.05, 4.69) is 41.3 Å². The van der Waals surface area contributed by atoms with Crippen LogP contribution in [-0.4, -0.2) is 46.6 Å². The molecule has 2 heterocycles. The quantitative estimate of drug-likeness (QED) is 0.431. The van der Waals surface area contributed by atoms with E-state index < -0.39 is 0 Å². The Hall–Kier alpha value is -3.59. The van der Waals surface area contributed by atoms with Crippen LogP contribution in [0.3, 0.4) is 0 Å². The molecule has 1 N–H and O–H groups in total. The minimum Gasteiger partial charge on any atom is -0.492 e. The summed E-state index contributed by atoms with van der Waals surface area (Å²) in [6.45, 7) is 5.33. The van der Waals surface area contributed by atoms with Crippen molar-refractivity contribution in [2.45, 2.75) is 31.4 Å². The molecule has 2 amide bonds. The van der Waals surface area contributed by atoms with E-state index in [1.165, 1.54) is 5.56 Å². The first-order valence-electron chi connectivity index (χ1n) is 11.4. The molecule has 9 heteroatoms. The number of imide groups is 1. The fraction of sp³-hybridized carbons (Fsp3) is 0.308. The lowest BCUT2D eigenvalue weighted by molar-refractivity contribution is -0.118. The normalized spacial score (nSPS) is 15.3. The van der Waals surface area contributed by atoms with Crippen LogP contribution in [0, 0.1) is 0 Å². The highest BCUT2D eigenvalue weighted by Gasteiger charge is 2.31. The maximum Gasteiger partial charge on any atom is 0.286 e. The molecule has 0 radical (unpaired) electrons. The van der Waals surface area contributed by atoms with Crippen molar-refractivity contribution in [1.29, 1.82) is 0 Å². The number of anilines is 1. The first-order valence-corrected chi connectivity index (χ1v) is 12.3. The molecule has 2 aromatic carbocycles. The number of nitrogens with one attached hydrogen (secondary N) is 1. The van der Waals surface area contributed by atoms with Gasteiger partial charge in [-0.15, -0.1) is 0 Å². The molecule has 3 aromatic rings. The van der Waals surface area contributed by atoms with Gasteiger partial charge in [-0.2, -0.15) is 4.98 Å². The number of benzene rings is 2. The Labute approximate surface area is 209 Å². The van der Waals surface area contributed by atoms with Gasteiger partial charge in [0.15, 0.2) is 0 Å². The number of rotatable bonds is 10. The molecule has 1 saturated heterocycles. The lowest BCUT2D eigenvalue weighted by Gasteiger charge is -2.18. The zero-order chi connectivity index (χ0) is 24.8. The van der Waals surface area contributed by atoms with Crippen LogP contribution in [0.4, 0.5) is 10.7 Å². The highest BCUT2D eigenvalue weighted by molar-refractivity contribution is 8.15. The monoisotopic (exact) mass is 492 g/mol. The third-order valence-electron chi connectivity index (χ3n) is 5.53.